The standard InChI is InChI=1S/C12H17N2/c1-11-4-2-3-5-12(11)10-14-8-6-13-7-9-14/h2-4,13H,6-10H2,1H3. The molecule has 1 aliphatic rings. The van der Waals surface area contributed by atoms with Gasteiger partial charge in [0.25, 0.3) is 0 Å². The van der Waals surface area contributed by atoms with Crippen LogP contribution >= 0.6 is 0 Å². The molecule has 0 spiro atoms. The van der Waals surface area contributed by atoms with Crippen LogP contribution in [0.25, 0.3) is 0 Å². The number of benzene rings is 1. The van der Waals surface area contributed by atoms with Crippen LogP contribution in [-0.4, -0.2) is 31.1 Å². The van der Waals surface area contributed by atoms with E-state index in [0.717, 1.165) is 32.7 Å². The molecule has 2 nitrogen and oxygen atoms in total. The zero-order valence-corrected chi connectivity index (χ0v) is 8.71. The Morgan fingerprint density at radius 2 is 2.21 bits per heavy atom. The Morgan fingerprint density at radius 1 is 1.43 bits per heavy atom. The van der Waals surface area contributed by atoms with Crippen LogP contribution in [0.4, 0.5) is 0 Å². The van der Waals surface area contributed by atoms with E-state index in [0.29, 0.717) is 0 Å². The van der Waals surface area contributed by atoms with Crippen LogP contribution in [0, 0.1) is 13.0 Å². The van der Waals surface area contributed by atoms with Gasteiger partial charge in [0.1, 0.15) is 0 Å². The van der Waals surface area contributed by atoms with Crippen molar-refractivity contribution in [3.63, 3.8) is 0 Å². The third-order valence-electron chi connectivity index (χ3n) is 2.77. The van der Waals surface area contributed by atoms with Crippen molar-refractivity contribution in [2.75, 3.05) is 26.2 Å². The molecule has 1 saturated heterocycles. The summed E-state index contributed by atoms with van der Waals surface area (Å²) in [4.78, 5) is 2.48. The summed E-state index contributed by atoms with van der Waals surface area (Å²) in [6.45, 7) is 7.75. The molecule has 75 valence electrons. The van der Waals surface area contributed by atoms with Crippen molar-refractivity contribution in [2.45, 2.75) is 13.5 Å². The van der Waals surface area contributed by atoms with Crippen LogP contribution < -0.4 is 5.32 Å². The highest BCUT2D eigenvalue weighted by Crippen LogP contribution is 2.09. The Labute approximate surface area is 85.9 Å². The number of hydrogen-bond acceptors (Lipinski definition) is 2. The predicted molar refractivity (Wildman–Crippen MR) is 58.2 cm³/mol. The average molecular weight is 189 g/mol. The minimum Gasteiger partial charge on any atom is -0.314 e. The molecule has 0 saturated carbocycles. The molecule has 2 rings (SSSR count). The zero-order valence-electron chi connectivity index (χ0n) is 8.71. The van der Waals surface area contributed by atoms with Gasteiger partial charge in [0, 0.05) is 32.7 Å². The van der Waals surface area contributed by atoms with Gasteiger partial charge in [0.05, 0.1) is 0 Å². The van der Waals surface area contributed by atoms with Crippen LogP contribution in [0.1, 0.15) is 11.1 Å². The van der Waals surface area contributed by atoms with Crippen LogP contribution in [0.3, 0.4) is 0 Å². The molecule has 0 aromatic heterocycles. The molecule has 1 N–H and O–H groups in total. The summed E-state index contributed by atoms with van der Waals surface area (Å²) < 4.78 is 0. The normalized spacial score (nSPS) is 18.4. The van der Waals surface area contributed by atoms with Gasteiger partial charge in [0.2, 0.25) is 0 Å². The third kappa shape index (κ3) is 2.34. The molecule has 1 fully saturated rings. The van der Waals surface area contributed by atoms with Gasteiger partial charge in [-0.1, -0.05) is 18.2 Å². The first-order chi connectivity index (χ1) is 6.86. The lowest BCUT2D eigenvalue weighted by molar-refractivity contribution is 0.232. The summed E-state index contributed by atoms with van der Waals surface area (Å²) in [7, 11) is 0. The third-order valence-corrected chi connectivity index (χ3v) is 2.77. The summed E-state index contributed by atoms with van der Waals surface area (Å²) in [6.07, 6.45) is 0. The quantitative estimate of drug-likeness (QED) is 0.752. The summed E-state index contributed by atoms with van der Waals surface area (Å²) in [5, 5.41) is 3.36. The monoisotopic (exact) mass is 189 g/mol. The molecular weight excluding hydrogens is 172 g/mol. The van der Waals surface area contributed by atoms with Gasteiger partial charge in [-0.25, -0.2) is 0 Å². The Balaban J connectivity index is 1.99. The van der Waals surface area contributed by atoms with Gasteiger partial charge in [-0.3, -0.25) is 4.90 Å². The number of aryl methyl sites for hydroxylation is 1. The lowest BCUT2D eigenvalue weighted by Crippen LogP contribution is -2.43. The fraction of sp³-hybridized carbons (Fsp3) is 0.500. The first-order valence-corrected chi connectivity index (χ1v) is 5.25. The number of hydrogen-bond donors (Lipinski definition) is 1. The first-order valence-electron chi connectivity index (χ1n) is 5.25. The van der Waals surface area contributed by atoms with E-state index >= 15 is 0 Å². The SMILES string of the molecule is Cc1ccc[c]c1CN1CCNCC1. The van der Waals surface area contributed by atoms with Gasteiger partial charge in [-0.15, -0.1) is 0 Å². The second-order valence-electron chi connectivity index (χ2n) is 3.86. The van der Waals surface area contributed by atoms with Crippen molar-refractivity contribution < 1.29 is 0 Å². The molecule has 0 amide bonds. The zero-order chi connectivity index (χ0) is 9.80. The Hall–Kier alpha value is -0.860. The Morgan fingerprint density at radius 3 is 2.93 bits per heavy atom. The van der Waals surface area contributed by atoms with Gasteiger partial charge in [-0.05, 0) is 24.1 Å². The maximum atomic E-state index is 3.36. The molecule has 0 unspecified atom stereocenters. The van der Waals surface area contributed by atoms with Crippen LogP contribution in [0.15, 0.2) is 18.2 Å². The fourth-order valence-corrected chi connectivity index (χ4v) is 1.82. The summed E-state index contributed by atoms with van der Waals surface area (Å²) in [6, 6.07) is 9.54. The summed E-state index contributed by atoms with van der Waals surface area (Å²) in [5.74, 6) is 0. The topological polar surface area (TPSA) is 15.3 Å². The van der Waals surface area contributed by atoms with Crippen LogP contribution in [-0.2, 0) is 6.54 Å². The summed E-state index contributed by atoms with van der Waals surface area (Å²) in [5.41, 5.74) is 2.69. The Kier molecular flexibility index (Phi) is 3.17. The highest BCUT2D eigenvalue weighted by atomic mass is 15.2. The van der Waals surface area contributed by atoms with E-state index in [2.05, 4.69) is 35.3 Å². The minimum atomic E-state index is 1.05. The van der Waals surface area contributed by atoms with Crippen LogP contribution in [0.5, 0.6) is 0 Å². The number of piperazine rings is 1. The predicted octanol–water partition coefficient (Wildman–Crippen LogP) is 1.20. The van der Waals surface area contributed by atoms with Gasteiger partial charge in [-0.2, -0.15) is 0 Å². The van der Waals surface area contributed by atoms with E-state index in [1.54, 1.807) is 0 Å². The van der Waals surface area contributed by atoms with Crippen LogP contribution in [0.2, 0.25) is 0 Å². The van der Waals surface area contributed by atoms with Crippen molar-refractivity contribution in [3.8, 4) is 0 Å². The highest BCUT2D eigenvalue weighted by molar-refractivity contribution is 5.24. The number of nitrogens with zero attached hydrogens (tertiary/aromatic N) is 1. The molecule has 1 aromatic rings. The maximum absolute atomic E-state index is 3.36. The molecule has 1 radical (unpaired) electrons. The van der Waals surface area contributed by atoms with Gasteiger partial charge < -0.3 is 5.32 Å². The molecule has 0 aliphatic carbocycles. The van der Waals surface area contributed by atoms with Crippen molar-refractivity contribution in [3.05, 3.63) is 35.4 Å². The maximum Gasteiger partial charge on any atom is 0.0243 e. The lowest BCUT2D eigenvalue weighted by atomic mass is 10.1. The van der Waals surface area contributed by atoms with E-state index < -0.39 is 0 Å². The molecule has 0 bridgehead atoms. The molecular formula is C12H17N2. The minimum absolute atomic E-state index is 1.05. The summed E-state index contributed by atoms with van der Waals surface area (Å²) >= 11 is 0. The molecule has 1 aromatic carbocycles. The van der Waals surface area contributed by atoms with E-state index in [1.807, 2.05) is 6.07 Å². The van der Waals surface area contributed by atoms with Crippen molar-refractivity contribution in [1.29, 1.82) is 0 Å². The van der Waals surface area contributed by atoms with Gasteiger partial charge in [0.15, 0.2) is 0 Å². The molecule has 14 heavy (non-hydrogen) atoms. The largest absolute Gasteiger partial charge is 0.314 e. The smallest absolute Gasteiger partial charge is 0.0243 e. The van der Waals surface area contributed by atoms with E-state index in [1.165, 1.54) is 11.1 Å². The van der Waals surface area contributed by atoms with Crippen molar-refractivity contribution >= 4 is 0 Å². The number of rotatable bonds is 2. The fourth-order valence-electron chi connectivity index (χ4n) is 1.82. The second kappa shape index (κ2) is 4.58. The van der Waals surface area contributed by atoms with E-state index in [9.17, 15) is 0 Å². The van der Waals surface area contributed by atoms with Crippen molar-refractivity contribution in [2.24, 2.45) is 0 Å². The lowest BCUT2D eigenvalue weighted by Gasteiger charge is -2.27. The van der Waals surface area contributed by atoms with E-state index in [4.69, 9.17) is 0 Å². The Bertz CT molecular complexity index is 290. The first kappa shape index (κ1) is 9.69. The molecule has 1 heterocycles. The number of nitrogens with one attached hydrogen (secondary N) is 1. The van der Waals surface area contributed by atoms with E-state index in [-0.39, 0.29) is 0 Å². The van der Waals surface area contributed by atoms with Crippen molar-refractivity contribution in [1.82, 2.24) is 10.2 Å². The molecule has 2 heteroatoms. The average Bonchev–Trinajstić information content (AvgIpc) is 2.23. The van der Waals surface area contributed by atoms with Gasteiger partial charge >= 0.3 is 0 Å². The highest BCUT2D eigenvalue weighted by Gasteiger charge is 2.10. The molecule has 0 atom stereocenters. The molecule has 1 aliphatic heterocycles. The second-order valence-corrected chi connectivity index (χ2v) is 3.86.